The van der Waals surface area contributed by atoms with Gasteiger partial charge < -0.3 is 15.4 Å². The van der Waals surface area contributed by atoms with Crippen LogP contribution in [-0.4, -0.2) is 23.9 Å². The number of ether oxygens (including phenoxy) is 1. The topological polar surface area (TPSA) is 84.5 Å². The van der Waals surface area contributed by atoms with Crippen LogP contribution in [0.5, 0.6) is 0 Å². The summed E-state index contributed by atoms with van der Waals surface area (Å²) in [6.07, 6.45) is -0.943. The molecule has 2 N–H and O–H groups in total. The Kier molecular flexibility index (Phi) is 6.51. The molecule has 0 aliphatic heterocycles. The average Bonchev–Trinajstić information content (AvgIpc) is 2.56. The number of benzene rings is 2. The van der Waals surface area contributed by atoms with Gasteiger partial charge in [0.25, 0.3) is 5.91 Å². The van der Waals surface area contributed by atoms with Gasteiger partial charge in [-0.3, -0.25) is 9.59 Å². The number of hydrogen-bond donors (Lipinski definition) is 2. The van der Waals surface area contributed by atoms with Crippen LogP contribution in [0.25, 0.3) is 0 Å². The maximum atomic E-state index is 12.1. The molecule has 25 heavy (non-hydrogen) atoms. The quantitative estimate of drug-likeness (QED) is 0.538. The fourth-order valence-corrected chi connectivity index (χ4v) is 2.31. The largest absolute Gasteiger partial charge is 0.449 e. The van der Waals surface area contributed by atoms with E-state index in [4.69, 9.17) is 4.74 Å². The molecule has 130 valence electrons. The minimum Gasteiger partial charge on any atom is -0.449 e. The maximum Gasteiger partial charge on any atom is 0.338 e. The van der Waals surface area contributed by atoms with E-state index in [0.717, 1.165) is 3.57 Å². The van der Waals surface area contributed by atoms with Crippen molar-refractivity contribution in [2.24, 2.45) is 0 Å². The van der Waals surface area contributed by atoms with Gasteiger partial charge in [0.05, 0.1) is 5.56 Å². The fourth-order valence-electron chi connectivity index (χ4n) is 1.95. The minimum absolute atomic E-state index is 0.173. The summed E-state index contributed by atoms with van der Waals surface area (Å²) in [6.45, 7) is 2.92. The Hall–Kier alpha value is -2.42. The van der Waals surface area contributed by atoms with Gasteiger partial charge >= 0.3 is 5.97 Å². The lowest BCUT2D eigenvalue weighted by Crippen LogP contribution is -2.30. The van der Waals surface area contributed by atoms with Crippen molar-refractivity contribution in [1.29, 1.82) is 0 Å². The first-order valence-corrected chi connectivity index (χ1v) is 8.58. The first-order chi connectivity index (χ1) is 11.8. The second-order valence-electron chi connectivity index (χ2n) is 5.30. The van der Waals surface area contributed by atoms with Crippen LogP contribution in [0.4, 0.5) is 11.4 Å². The van der Waals surface area contributed by atoms with Crippen molar-refractivity contribution in [3.05, 3.63) is 57.7 Å². The number of carbonyl (C=O) groups is 3. The van der Waals surface area contributed by atoms with E-state index in [9.17, 15) is 14.4 Å². The van der Waals surface area contributed by atoms with Gasteiger partial charge in [-0.2, -0.15) is 0 Å². The highest BCUT2D eigenvalue weighted by atomic mass is 127. The Labute approximate surface area is 159 Å². The molecule has 2 aromatic rings. The van der Waals surface area contributed by atoms with Crippen LogP contribution in [-0.2, 0) is 14.3 Å². The highest BCUT2D eigenvalue weighted by Gasteiger charge is 2.19. The monoisotopic (exact) mass is 452 g/mol. The van der Waals surface area contributed by atoms with Crippen molar-refractivity contribution >= 4 is 51.7 Å². The van der Waals surface area contributed by atoms with E-state index in [1.807, 2.05) is 0 Å². The maximum absolute atomic E-state index is 12.1. The molecule has 1 atom stereocenters. The van der Waals surface area contributed by atoms with Crippen LogP contribution in [0.2, 0.25) is 0 Å². The zero-order valence-electron chi connectivity index (χ0n) is 13.7. The lowest BCUT2D eigenvalue weighted by molar-refractivity contribution is -0.123. The molecule has 0 fully saturated rings. The van der Waals surface area contributed by atoms with Crippen LogP contribution >= 0.6 is 22.6 Å². The molecule has 1 unspecified atom stereocenters. The van der Waals surface area contributed by atoms with Crippen LogP contribution in [0.3, 0.4) is 0 Å². The second kappa shape index (κ2) is 8.61. The van der Waals surface area contributed by atoms with Crippen molar-refractivity contribution in [2.75, 3.05) is 10.6 Å². The highest BCUT2D eigenvalue weighted by molar-refractivity contribution is 14.1. The summed E-state index contributed by atoms with van der Waals surface area (Å²) < 4.78 is 6.18. The molecule has 7 heteroatoms. The van der Waals surface area contributed by atoms with E-state index in [0.29, 0.717) is 16.9 Å². The van der Waals surface area contributed by atoms with E-state index in [2.05, 4.69) is 33.2 Å². The van der Waals surface area contributed by atoms with Crippen molar-refractivity contribution in [1.82, 2.24) is 0 Å². The van der Waals surface area contributed by atoms with E-state index in [-0.39, 0.29) is 5.91 Å². The standard InChI is InChI=1S/C18H17IN2O4/c1-11(25-18(24)13-3-5-14(19)6-4-13)17(23)21-16-9-7-15(8-10-16)20-12(2)22/h3-11H,1-2H3,(H,20,22)(H,21,23). The molecule has 0 aliphatic rings. The normalized spacial score (nSPS) is 11.3. The summed E-state index contributed by atoms with van der Waals surface area (Å²) in [5.74, 6) is -1.17. The van der Waals surface area contributed by atoms with Crippen molar-refractivity contribution in [3.8, 4) is 0 Å². The van der Waals surface area contributed by atoms with Gasteiger partial charge in [-0.15, -0.1) is 0 Å². The van der Waals surface area contributed by atoms with Gasteiger partial charge in [-0.25, -0.2) is 4.79 Å². The Morgan fingerprint density at radius 1 is 0.920 bits per heavy atom. The molecule has 0 aromatic heterocycles. The molecular weight excluding hydrogens is 435 g/mol. The van der Waals surface area contributed by atoms with Crippen molar-refractivity contribution < 1.29 is 19.1 Å². The number of nitrogens with one attached hydrogen (secondary N) is 2. The zero-order valence-corrected chi connectivity index (χ0v) is 15.9. The summed E-state index contributed by atoms with van der Waals surface area (Å²) >= 11 is 2.14. The summed E-state index contributed by atoms with van der Waals surface area (Å²) in [7, 11) is 0. The molecule has 0 saturated carbocycles. The number of anilines is 2. The summed E-state index contributed by atoms with van der Waals surface area (Å²) in [5, 5.41) is 5.29. The number of amides is 2. The molecule has 0 saturated heterocycles. The molecule has 0 spiro atoms. The van der Waals surface area contributed by atoms with E-state index in [1.165, 1.54) is 13.8 Å². The Balaban J connectivity index is 1.92. The lowest BCUT2D eigenvalue weighted by Gasteiger charge is -2.14. The van der Waals surface area contributed by atoms with Gasteiger partial charge in [0.15, 0.2) is 6.10 Å². The van der Waals surface area contributed by atoms with Crippen LogP contribution in [0.15, 0.2) is 48.5 Å². The third-order valence-corrected chi connectivity index (χ3v) is 3.92. The summed E-state index contributed by atoms with van der Waals surface area (Å²) in [5.41, 5.74) is 1.56. The molecule has 0 aliphatic carbocycles. The smallest absolute Gasteiger partial charge is 0.338 e. The van der Waals surface area contributed by atoms with Gasteiger partial charge in [0.1, 0.15) is 0 Å². The molecule has 6 nitrogen and oxygen atoms in total. The summed E-state index contributed by atoms with van der Waals surface area (Å²) in [4.78, 5) is 35.1. The second-order valence-corrected chi connectivity index (χ2v) is 6.55. The third-order valence-electron chi connectivity index (χ3n) is 3.21. The van der Waals surface area contributed by atoms with E-state index >= 15 is 0 Å². The molecule has 0 heterocycles. The van der Waals surface area contributed by atoms with E-state index < -0.39 is 18.0 Å². The van der Waals surface area contributed by atoms with Gasteiger partial charge in [0, 0.05) is 21.9 Å². The molecular formula is C18H17IN2O4. The van der Waals surface area contributed by atoms with Gasteiger partial charge in [-0.05, 0) is 78.0 Å². The molecule has 0 radical (unpaired) electrons. The average molecular weight is 452 g/mol. The van der Waals surface area contributed by atoms with Crippen molar-refractivity contribution in [3.63, 3.8) is 0 Å². The Bertz CT molecular complexity index is 773. The van der Waals surface area contributed by atoms with Crippen LogP contribution in [0, 0.1) is 3.57 Å². The Morgan fingerprint density at radius 2 is 1.44 bits per heavy atom. The molecule has 0 bridgehead atoms. The number of rotatable bonds is 5. The van der Waals surface area contributed by atoms with Gasteiger partial charge in [0.2, 0.25) is 5.91 Å². The zero-order chi connectivity index (χ0) is 18.4. The van der Waals surface area contributed by atoms with Gasteiger partial charge in [-0.1, -0.05) is 0 Å². The molecule has 2 rings (SSSR count). The number of halogens is 1. The predicted octanol–water partition coefficient (Wildman–Crippen LogP) is 3.43. The first-order valence-electron chi connectivity index (χ1n) is 7.50. The van der Waals surface area contributed by atoms with Crippen LogP contribution < -0.4 is 10.6 Å². The number of hydrogen-bond acceptors (Lipinski definition) is 4. The summed E-state index contributed by atoms with van der Waals surface area (Å²) in [6, 6.07) is 13.5. The number of carbonyl (C=O) groups excluding carboxylic acids is 3. The van der Waals surface area contributed by atoms with Crippen LogP contribution in [0.1, 0.15) is 24.2 Å². The highest BCUT2D eigenvalue weighted by Crippen LogP contribution is 2.14. The lowest BCUT2D eigenvalue weighted by atomic mass is 10.2. The Morgan fingerprint density at radius 3 is 1.96 bits per heavy atom. The SMILES string of the molecule is CC(=O)Nc1ccc(NC(=O)C(C)OC(=O)c2ccc(I)cc2)cc1. The third kappa shape index (κ3) is 5.86. The predicted molar refractivity (Wildman–Crippen MR) is 103 cm³/mol. The molecule has 2 aromatic carbocycles. The fraction of sp³-hybridized carbons (Fsp3) is 0.167. The number of esters is 1. The molecule has 2 amide bonds. The van der Waals surface area contributed by atoms with E-state index in [1.54, 1.807) is 48.5 Å². The first kappa shape index (κ1) is 18.9. The minimum atomic E-state index is -0.943. The van der Waals surface area contributed by atoms with Crippen molar-refractivity contribution in [2.45, 2.75) is 20.0 Å².